The Hall–Kier alpha value is -1.71. The highest BCUT2D eigenvalue weighted by molar-refractivity contribution is 5.98. The zero-order chi connectivity index (χ0) is 14.7. The van der Waals surface area contributed by atoms with E-state index >= 15 is 0 Å². The zero-order valence-corrected chi connectivity index (χ0v) is 12.7. The molecule has 1 aliphatic carbocycles. The van der Waals surface area contributed by atoms with Gasteiger partial charge in [0.1, 0.15) is 5.75 Å². The minimum atomic E-state index is -0.414. The second kappa shape index (κ2) is 6.37. The summed E-state index contributed by atoms with van der Waals surface area (Å²) >= 11 is 0. The first-order chi connectivity index (χ1) is 10.2. The molecule has 1 heterocycles. The summed E-state index contributed by atoms with van der Waals surface area (Å²) in [6, 6.07) is 5.90. The van der Waals surface area contributed by atoms with Crippen LogP contribution in [0.25, 0.3) is 0 Å². The smallest absolute Gasteiger partial charge is 0.265 e. The lowest BCUT2D eigenvalue weighted by atomic mass is 9.87. The van der Waals surface area contributed by atoms with E-state index in [1.807, 2.05) is 18.2 Å². The summed E-state index contributed by atoms with van der Waals surface area (Å²) in [5.41, 5.74) is 1.81. The fourth-order valence-corrected chi connectivity index (χ4v) is 3.22. The van der Waals surface area contributed by atoms with Crippen LogP contribution in [0.1, 0.15) is 45.4 Å². The predicted molar refractivity (Wildman–Crippen MR) is 84.8 cm³/mol. The van der Waals surface area contributed by atoms with Gasteiger partial charge in [-0.05, 0) is 37.5 Å². The van der Waals surface area contributed by atoms with Gasteiger partial charge in [-0.3, -0.25) is 4.79 Å². The normalized spacial score (nSPS) is 22.1. The van der Waals surface area contributed by atoms with Crippen LogP contribution < -0.4 is 15.4 Å². The average molecular weight is 288 g/mol. The summed E-state index contributed by atoms with van der Waals surface area (Å²) in [6.07, 6.45) is 7.78. The van der Waals surface area contributed by atoms with E-state index in [4.69, 9.17) is 4.74 Å². The third-order valence-corrected chi connectivity index (χ3v) is 4.52. The van der Waals surface area contributed by atoms with Gasteiger partial charge in [-0.25, -0.2) is 0 Å². The summed E-state index contributed by atoms with van der Waals surface area (Å²) in [7, 11) is 0. The van der Waals surface area contributed by atoms with Gasteiger partial charge >= 0.3 is 0 Å². The largest absolute Gasteiger partial charge is 0.479 e. The van der Waals surface area contributed by atoms with Crippen molar-refractivity contribution in [1.29, 1.82) is 0 Å². The molecule has 21 heavy (non-hydrogen) atoms. The third kappa shape index (κ3) is 3.49. The van der Waals surface area contributed by atoms with Crippen molar-refractivity contribution in [1.82, 2.24) is 0 Å². The molecule has 4 nitrogen and oxygen atoms in total. The highest BCUT2D eigenvalue weighted by atomic mass is 16.5. The molecular formula is C17H24N2O2. The Bertz CT molecular complexity index is 510. The molecule has 4 heteroatoms. The van der Waals surface area contributed by atoms with Crippen molar-refractivity contribution in [3.05, 3.63) is 18.2 Å². The van der Waals surface area contributed by atoms with Gasteiger partial charge in [-0.1, -0.05) is 32.1 Å². The van der Waals surface area contributed by atoms with Crippen LogP contribution >= 0.6 is 0 Å². The van der Waals surface area contributed by atoms with Crippen LogP contribution in [0.5, 0.6) is 5.75 Å². The SMILES string of the molecule is CC1Oc2ccc(NCCC3CCCCC3)cc2NC1=O. The monoisotopic (exact) mass is 288 g/mol. The van der Waals surface area contributed by atoms with E-state index in [0.29, 0.717) is 0 Å². The minimum Gasteiger partial charge on any atom is -0.479 e. The number of rotatable bonds is 4. The minimum absolute atomic E-state index is 0.0816. The fraction of sp³-hybridized carbons (Fsp3) is 0.588. The van der Waals surface area contributed by atoms with Crippen molar-refractivity contribution < 1.29 is 9.53 Å². The molecule has 1 aromatic carbocycles. The van der Waals surface area contributed by atoms with Crippen molar-refractivity contribution in [3.8, 4) is 5.75 Å². The molecule has 0 radical (unpaired) electrons. The van der Waals surface area contributed by atoms with Gasteiger partial charge in [0.15, 0.2) is 6.10 Å². The van der Waals surface area contributed by atoms with E-state index in [2.05, 4.69) is 10.6 Å². The number of carbonyl (C=O) groups excluding carboxylic acids is 1. The van der Waals surface area contributed by atoms with Crippen LogP contribution in [0.4, 0.5) is 11.4 Å². The molecule has 0 spiro atoms. The van der Waals surface area contributed by atoms with Crippen molar-refractivity contribution in [2.45, 2.75) is 51.6 Å². The summed E-state index contributed by atoms with van der Waals surface area (Å²) in [4.78, 5) is 11.6. The lowest BCUT2D eigenvalue weighted by Gasteiger charge is -2.24. The molecule has 1 aliphatic heterocycles. The van der Waals surface area contributed by atoms with Gasteiger partial charge < -0.3 is 15.4 Å². The molecule has 1 amide bonds. The highest BCUT2D eigenvalue weighted by Gasteiger charge is 2.23. The van der Waals surface area contributed by atoms with E-state index < -0.39 is 6.10 Å². The molecule has 0 saturated heterocycles. The Morgan fingerprint density at radius 2 is 2.10 bits per heavy atom. The van der Waals surface area contributed by atoms with Crippen molar-refractivity contribution >= 4 is 17.3 Å². The molecule has 114 valence electrons. The molecule has 1 atom stereocenters. The molecule has 3 rings (SSSR count). The summed E-state index contributed by atoms with van der Waals surface area (Å²) in [5.74, 6) is 1.55. The number of benzene rings is 1. The van der Waals surface area contributed by atoms with Crippen molar-refractivity contribution in [2.75, 3.05) is 17.2 Å². The first-order valence-corrected chi connectivity index (χ1v) is 8.08. The van der Waals surface area contributed by atoms with Gasteiger partial charge in [0.2, 0.25) is 0 Å². The molecule has 1 fully saturated rings. The van der Waals surface area contributed by atoms with Gasteiger partial charge in [-0.15, -0.1) is 0 Å². The number of amides is 1. The van der Waals surface area contributed by atoms with E-state index in [1.54, 1.807) is 6.92 Å². The van der Waals surface area contributed by atoms with Crippen molar-refractivity contribution in [2.24, 2.45) is 5.92 Å². The number of carbonyl (C=O) groups is 1. The maximum absolute atomic E-state index is 11.6. The molecule has 1 unspecified atom stereocenters. The topological polar surface area (TPSA) is 50.4 Å². The summed E-state index contributed by atoms with van der Waals surface area (Å²) in [5, 5.41) is 6.35. The zero-order valence-electron chi connectivity index (χ0n) is 12.7. The van der Waals surface area contributed by atoms with Gasteiger partial charge in [0, 0.05) is 12.2 Å². The van der Waals surface area contributed by atoms with E-state index in [9.17, 15) is 4.79 Å². The van der Waals surface area contributed by atoms with E-state index in [-0.39, 0.29) is 5.91 Å². The molecule has 1 aromatic rings. The van der Waals surface area contributed by atoms with Gasteiger partial charge in [-0.2, -0.15) is 0 Å². The predicted octanol–water partition coefficient (Wildman–Crippen LogP) is 3.79. The third-order valence-electron chi connectivity index (χ3n) is 4.52. The summed E-state index contributed by atoms with van der Waals surface area (Å²) < 4.78 is 5.56. The number of anilines is 2. The maximum Gasteiger partial charge on any atom is 0.265 e. The molecule has 2 aliphatic rings. The van der Waals surface area contributed by atoms with Crippen molar-refractivity contribution in [3.63, 3.8) is 0 Å². The van der Waals surface area contributed by atoms with Gasteiger partial charge in [0.05, 0.1) is 5.69 Å². The van der Waals surface area contributed by atoms with Crippen LogP contribution in [-0.4, -0.2) is 18.6 Å². The van der Waals surface area contributed by atoms with Gasteiger partial charge in [0.25, 0.3) is 5.91 Å². The van der Waals surface area contributed by atoms with Crippen LogP contribution in [0.3, 0.4) is 0 Å². The number of nitrogens with one attached hydrogen (secondary N) is 2. The average Bonchev–Trinajstić information content (AvgIpc) is 2.50. The lowest BCUT2D eigenvalue weighted by molar-refractivity contribution is -0.122. The Labute approximate surface area is 126 Å². The first kappa shape index (κ1) is 14.2. The van der Waals surface area contributed by atoms with Crippen LogP contribution in [0.15, 0.2) is 18.2 Å². The number of fused-ring (bicyclic) bond motifs is 1. The quantitative estimate of drug-likeness (QED) is 0.886. The Balaban J connectivity index is 1.54. The number of ether oxygens (including phenoxy) is 1. The second-order valence-electron chi connectivity index (χ2n) is 6.18. The maximum atomic E-state index is 11.6. The standard InChI is InChI=1S/C17H24N2O2/c1-12-17(20)19-15-11-14(7-8-16(15)21-12)18-10-9-13-5-3-2-4-6-13/h7-8,11-13,18H,2-6,9-10H2,1H3,(H,19,20). The summed E-state index contributed by atoms with van der Waals surface area (Å²) in [6.45, 7) is 2.75. The van der Waals surface area contributed by atoms with E-state index in [0.717, 1.165) is 29.6 Å². The van der Waals surface area contributed by atoms with Crippen LogP contribution in [-0.2, 0) is 4.79 Å². The molecule has 2 N–H and O–H groups in total. The Morgan fingerprint density at radius 3 is 2.90 bits per heavy atom. The van der Waals surface area contributed by atoms with E-state index in [1.165, 1.54) is 38.5 Å². The highest BCUT2D eigenvalue weighted by Crippen LogP contribution is 2.32. The Morgan fingerprint density at radius 1 is 1.29 bits per heavy atom. The van der Waals surface area contributed by atoms with Crippen LogP contribution in [0.2, 0.25) is 0 Å². The second-order valence-corrected chi connectivity index (χ2v) is 6.18. The molecule has 1 saturated carbocycles. The molecule has 0 aromatic heterocycles. The lowest BCUT2D eigenvalue weighted by Crippen LogP contribution is -2.34. The molecule has 0 bridgehead atoms. The number of hydrogen-bond donors (Lipinski definition) is 2. The molecular weight excluding hydrogens is 264 g/mol. The number of hydrogen-bond acceptors (Lipinski definition) is 3. The Kier molecular flexibility index (Phi) is 4.32. The fourth-order valence-electron chi connectivity index (χ4n) is 3.22. The van der Waals surface area contributed by atoms with Crippen LogP contribution in [0, 0.1) is 5.92 Å². The first-order valence-electron chi connectivity index (χ1n) is 8.08.